The summed E-state index contributed by atoms with van der Waals surface area (Å²) in [6.45, 7) is 9.86. The van der Waals surface area contributed by atoms with Crippen LogP contribution < -0.4 is 0 Å². The van der Waals surface area contributed by atoms with E-state index in [0.29, 0.717) is 13.0 Å². The van der Waals surface area contributed by atoms with Crippen molar-refractivity contribution < 1.29 is 14.6 Å². The van der Waals surface area contributed by atoms with Gasteiger partial charge < -0.3 is 9.84 Å². The quantitative estimate of drug-likeness (QED) is 0.693. The van der Waals surface area contributed by atoms with Gasteiger partial charge >= 0.3 is 5.97 Å². The number of carbonyl (C=O) groups is 1. The molecule has 0 aliphatic rings. The lowest BCUT2D eigenvalue weighted by molar-refractivity contribution is -0.155. The fourth-order valence-corrected chi connectivity index (χ4v) is 1.65. The summed E-state index contributed by atoms with van der Waals surface area (Å²) in [6.07, 6.45) is 0.620. The molecule has 3 heteroatoms. The third kappa shape index (κ3) is 4.09. The normalized spacial score (nSPS) is 12.7. The van der Waals surface area contributed by atoms with E-state index >= 15 is 0 Å². The zero-order chi connectivity index (χ0) is 11.4. The van der Waals surface area contributed by atoms with Gasteiger partial charge in [-0.15, -0.1) is 0 Å². The number of carbonyl (C=O) groups excluding carboxylic acids is 1. The highest BCUT2D eigenvalue weighted by atomic mass is 16.5. The number of aliphatic hydroxyl groups is 1. The number of hydrogen-bond acceptors (Lipinski definition) is 3. The molecule has 0 spiro atoms. The van der Waals surface area contributed by atoms with Crippen molar-refractivity contribution in [1.82, 2.24) is 0 Å². The number of rotatable bonds is 5. The highest BCUT2D eigenvalue weighted by Crippen LogP contribution is 2.34. The van der Waals surface area contributed by atoms with E-state index in [2.05, 4.69) is 0 Å². The van der Waals surface area contributed by atoms with Crippen LogP contribution in [0.15, 0.2) is 0 Å². The van der Waals surface area contributed by atoms with Crippen molar-refractivity contribution in [1.29, 1.82) is 0 Å². The second-order valence-corrected chi connectivity index (χ2v) is 5.10. The molecule has 0 saturated heterocycles. The predicted molar refractivity (Wildman–Crippen MR) is 55.9 cm³/mol. The minimum absolute atomic E-state index is 0.0792. The Labute approximate surface area is 86.5 Å². The highest BCUT2D eigenvalue weighted by Gasteiger charge is 2.35. The lowest BCUT2D eigenvalue weighted by Crippen LogP contribution is -2.33. The molecule has 0 amide bonds. The number of esters is 1. The molecule has 14 heavy (non-hydrogen) atoms. The second-order valence-electron chi connectivity index (χ2n) is 5.10. The van der Waals surface area contributed by atoms with Crippen LogP contribution in [0.2, 0.25) is 0 Å². The molecule has 3 nitrogen and oxygen atoms in total. The zero-order valence-corrected chi connectivity index (χ0v) is 9.89. The maximum Gasteiger partial charge on any atom is 0.311 e. The SMILES string of the molecule is CCOC(=O)C(C)(C)CC(C)(C)CO. The van der Waals surface area contributed by atoms with E-state index in [1.54, 1.807) is 6.92 Å². The smallest absolute Gasteiger partial charge is 0.311 e. The Morgan fingerprint density at radius 2 is 1.79 bits per heavy atom. The number of aliphatic hydroxyl groups excluding tert-OH is 1. The molecule has 0 heterocycles. The fourth-order valence-electron chi connectivity index (χ4n) is 1.65. The van der Waals surface area contributed by atoms with Gasteiger partial charge in [-0.1, -0.05) is 13.8 Å². The molecule has 0 aliphatic heterocycles. The van der Waals surface area contributed by atoms with Gasteiger partial charge in [0.15, 0.2) is 0 Å². The van der Waals surface area contributed by atoms with Crippen LogP contribution in [0.3, 0.4) is 0 Å². The molecule has 0 aromatic rings. The van der Waals surface area contributed by atoms with Crippen molar-refractivity contribution in [2.24, 2.45) is 10.8 Å². The average Bonchev–Trinajstić information content (AvgIpc) is 2.03. The van der Waals surface area contributed by atoms with Crippen LogP contribution in [-0.4, -0.2) is 24.3 Å². The number of ether oxygens (including phenoxy) is 1. The minimum atomic E-state index is -0.526. The summed E-state index contributed by atoms with van der Waals surface area (Å²) in [6, 6.07) is 0. The van der Waals surface area contributed by atoms with E-state index in [-0.39, 0.29) is 18.0 Å². The topological polar surface area (TPSA) is 46.5 Å². The third-order valence-corrected chi connectivity index (χ3v) is 2.18. The highest BCUT2D eigenvalue weighted by molar-refractivity contribution is 5.75. The Balaban J connectivity index is 4.40. The van der Waals surface area contributed by atoms with Gasteiger partial charge in [0.25, 0.3) is 0 Å². The monoisotopic (exact) mass is 202 g/mol. The first-order chi connectivity index (χ1) is 6.25. The Kier molecular flexibility index (Phi) is 4.59. The molecule has 0 bridgehead atoms. The maximum absolute atomic E-state index is 11.6. The molecule has 0 unspecified atom stereocenters. The molecular formula is C11H22O3. The minimum Gasteiger partial charge on any atom is -0.466 e. The van der Waals surface area contributed by atoms with Gasteiger partial charge in [0.05, 0.1) is 12.0 Å². The average molecular weight is 202 g/mol. The molecule has 0 aliphatic carbocycles. The Morgan fingerprint density at radius 1 is 1.29 bits per heavy atom. The molecule has 0 fully saturated rings. The molecule has 0 aromatic heterocycles. The molecular weight excluding hydrogens is 180 g/mol. The van der Waals surface area contributed by atoms with Crippen LogP contribution in [0, 0.1) is 10.8 Å². The molecule has 0 aromatic carbocycles. The van der Waals surface area contributed by atoms with Crippen LogP contribution in [-0.2, 0) is 9.53 Å². The first kappa shape index (κ1) is 13.4. The van der Waals surface area contributed by atoms with E-state index in [9.17, 15) is 4.79 Å². The third-order valence-electron chi connectivity index (χ3n) is 2.18. The Hall–Kier alpha value is -0.570. The van der Waals surface area contributed by atoms with Crippen molar-refractivity contribution in [3.63, 3.8) is 0 Å². The van der Waals surface area contributed by atoms with Crippen molar-refractivity contribution in [2.75, 3.05) is 13.2 Å². The van der Waals surface area contributed by atoms with Crippen molar-refractivity contribution in [3.8, 4) is 0 Å². The second kappa shape index (κ2) is 4.78. The van der Waals surface area contributed by atoms with E-state index in [0.717, 1.165) is 0 Å². The van der Waals surface area contributed by atoms with Crippen molar-refractivity contribution >= 4 is 5.97 Å². The predicted octanol–water partition coefficient (Wildman–Crippen LogP) is 1.98. The van der Waals surface area contributed by atoms with E-state index in [4.69, 9.17) is 9.84 Å². The zero-order valence-electron chi connectivity index (χ0n) is 9.89. The van der Waals surface area contributed by atoms with E-state index in [1.807, 2.05) is 27.7 Å². The largest absolute Gasteiger partial charge is 0.466 e. The maximum atomic E-state index is 11.6. The lowest BCUT2D eigenvalue weighted by atomic mass is 9.75. The molecule has 0 saturated carbocycles. The summed E-state index contributed by atoms with van der Waals surface area (Å²) in [7, 11) is 0. The van der Waals surface area contributed by atoms with Crippen LogP contribution in [0.25, 0.3) is 0 Å². The van der Waals surface area contributed by atoms with Crippen LogP contribution in [0.5, 0.6) is 0 Å². The van der Waals surface area contributed by atoms with E-state index in [1.165, 1.54) is 0 Å². The number of hydrogen-bond donors (Lipinski definition) is 1. The molecule has 0 rings (SSSR count). The summed E-state index contributed by atoms with van der Waals surface area (Å²) in [5, 5.41) is 9.12. The van der Waals surface area contributed by atoms with Gasteiger partial charge in [-0.2, -0.15) is 0 Å². The van der Waals surface area contributed by atoms with Gasteiger partial charge in [-0.25, -0.2) is 0 Å². The van der Waals surface area contributed by atoms with Gasteiger partial charge in [0, 0.05) is 6.61 Å². The van der Waals surface area contributed by atoms with Crippen molar-refractivity contribution in [2.45, 2.75) is 41.0 Å². The van der Waals surface area contributed by atoms with Gasteiger partial charge in [0.2, 0.25) is 0 Å². The van der Waals surface area contributed by atoms with Gasteiger partial charge in [-0.05, 0) is 32.6 Å². The van der Waals surface area contributed by atoms with Gasteiger partial charge in [0.1, 0.15) is 0 Å². The summed E-state index contributed by atoms with van der Waals surface area (Å²) in [5.41, 5.74) is -0.765. The summed E-state index contributed by atoms with van der Waals surface area (Å²) >= 11 is 0. The van der Waals surface area contributed by atoms with Crippen LogP contribution in [0.4, 0.5) is 0 Å². The Bertz CT molecular complexity index is 195. The summed E-state index contributed by atoms with van der Waals surface area (Å²) in [5.74, 6) is -0.193. The molecule has 0 radical (unpaired) electrons. The standard InChI is InChI=1S/C11H22O3/c1-6-14-9(13)11(4,5)7-10(2,3)8-12/h12H,6-8H2,1-5H3. The first-order valence-electron chi connectivity index (χ1n) is 5.03. The summed E-state index contributed by atoms with van der Waals surface area (Å²) < 4.78 is 4.98. The first-order valence-corrected chi connectivity index (χ1v) is 5.03. The molecule has 0 atom stereocenters. The molecule has 1 N–H and O–H groups in total. The van der Waals surface area contributed by atoms with E-state index < -0.39 is 5.41 Å². The van der Waals surface area contributed by atoms with Gasteiger partial charge in [-0.3, -0.25) is 4.79 Å². The van der Waals surface area contributed by atoms with Crippen LogP contribution in [0.1, 0.15) is 41.0 Å². The van der Waals surface area contributed by atoms with Crippen LogP contribution >= 0.6 is 0 Å². The molecule has 84 valence electrons. The van der Waals surface area contributed by atoms with Crippen molar-refractivity contribution in [3.05, 3.63) is 0 Å². The lowest BCUT2D eigenvalue weighted by Gasteiger charge is -2.31. The fraction of sp³-hybridized carbons (Fsp3) is 0.909. The summed E-state index contributed by atoms with van der Waals surface area (Å²) in [4.78, 5) is 11.6. The Morgan fingerprint density at radius 3 is 2.14 bits per heavy atom.